The van der Waals surface area contributed by atoms with Gasteiger partial charge in [-0.25, -0.2) is 13.8 Å². The fraction of sp³-hybridized carbons (Fsp3) is 0.588. The summed E-state index contributed by atoms with van der Waals surface area (Å²) in [5.41, 5.74) is -0.348. The fourth-order valence-electron chi connectivity index (χ4n) is 3.78. The highest BCUT2D eigenvalue weighted by Crippen LogP contribution is 2.31. The molecular formula is C17H23ClF2N4O2. The molecular weight excluding hydrogens is 366 g/mol. The molecule has 0 radical (unpaired) electrons. The van der Waals surface area contributed by atoms with Gasteiger partial charge in [0.1, 0.15) is 5.82 Å². The van der Waals surface area contributed by atoms with Crippen molar-refractivity contribution in [2.75, 3.05) is 33.2 Å². The van der Waals surface area contributed by atoms with Crippen LogP contribution < -0.4 is 5.32 Å². The number of carbonyl (C=O) groups is 2. The molecule has 2 atom stereocenters. The smallest absolute Gasteiger partial charge is 0.275 e. The summed E-state index contributed by atoms with van der Waals surface area (Å²) in [6.07, 6.45) is 2.70. The molecule has 2 fully saturated rings. The van der Waals surface area contributed by atoms with Gasteiger partial charge in [-0.15, -0.1) is 12.4 Å². The van der Waals surface area contributed by atoms with Gasteiger partial charge in [-0.3, -0.25) is 9.59 Å². The minimum Gasteiger partial charge on any atom is -0.338 e. The summed E-state index contributed by atoms with van der Waals surface area (Å²) in [5.74, 6) is -1.94. The lowest BCUT2D eigenvalue weighted by Gasteiger charge is -2.47. The van der Waals surface area contributed by atoms with Gasteiger partial charge in [0.05, 0.1) is 6.20 Å². The number of piperidine rings is 2. The standard InChI is InChI=1S/C17H22F2N4O2.ClH/c1-20-5-7-23-14-4-6-22(10-11(14)2-3-15(23)24)17(25)16-13(19)8-12(18)9-21-16;/h8-9,11,14,20H,2-7,10H2,1H3;1H/t11-,14+;/m0./s1. The molecule has 26 heavy (non-hydrogen) atoms. The van der Waals surface area contributed by atoms with Crippen molar-refractivity contribution in [1.82, 2.24) is 20.1 Å². The second kappa shape index (κ2) is 8.73. The largest absolute Gasteiger partial charge is 0.338 e. The van der Waals surface area contributed by atoms with E-state index in [4.69, 9.17) is 0 Å². The topological polar surface area (TPSA) is 65.5 Å². The molecule has 3 rings (SSSR count). The average molecular weight is 389 g/mol. The molecule has 1 aromatic rings. The Morgan fingerprint density at radius 3 is 2.85 bits per heavy atom. The maximum absolute atomic E-state index is 13.8. The van der Waals surface area contributed by atoms with E-state index in [0.717, 1.165) is 19.2 Å². The normalized spacial score (nSPS) is 22.7. The zero-order valence-corrected chi connectivity index (χ0v) is 15.4. The number of hydrogen-bond acceptors (Lipinski definition) is 4. The second-order valence-electron chi connectivity index (χ2n) is 6.58. The molecule has 0 aliphatic carbocycles. The first-order chi connectivity index (χ1) is 12.0. The number of hydrogen-bond donors (Lipinski definition) is 1. The van der Waals surface area contributed by atoms with Crippen molar-refractivity contribution in [3.63, 3.8) is 0 Å². The van der Waals surface area contributed by atoms with Crippen LogP contribution in [0.1, 0.15) is 29.8 Å². The van der Waals surface area contributed by atoms with E-state index in [1.165, 1.54) is 0 Å². The average Bonchev–Trinajstić information content (AvgIpc) is 2.60. The molecule has 9 heteroatoms. The number of aromatic nitrogens is 1. The number of pyridine rings is 1. The predicted molar refractivity (Wildman–Crippen MR) is 94.1 cm³/mol. The fourth-order valence-corrected chi connectivity index (χ4v) is 3.78. The first kappa shape index (κ1) is 20.5. The van der Waals surface area contributed by atoms with Gasteiger partial charge >= 0.3 is 0 Å². The first-order valence-corrected chi connectivity index (χ1v) is 8.55. The Balaban J connectivity index is 0.00000243. The lowest BCUT2D eigenvalue weighted by atomic mass is 9.83. The summed E-state index contributed by atoms with van der Waals surface area (Å²) in [6.45, 7) is 2.27. The molecule has 0 unspecified atom stereocenters. The summed E-state index contributed by atoms with van der Waals surface area (Å²) in [7, 11) is 1.84. The van der Waals surface area contributed by atoms with Gasteiger partial charge in [-0.1, -0.05) is 0 Å². The maximum Gasteiger partial charge on any atom is 0.275 e. The number of halogens is 3. The van der Waals surface area contributed by atoms with Crippen LogP contribution in [0.25, 0.3) is 0 Å². The van der Waals surface area contributed by atoms with E-state index in [0.29, 0.717) is 38.5 Å². The number of likely N-dealkylation sites (N-methyl/N-ethyl adjacent to an activating group) is 1. The minimum atomic E-state index is -0.943. The van der Waals surface area contributed by atoms with Crippen LogP contribution in [0.3, 0.4) is 0 Å². The lowest BCUT2D eigenvalue weighted by Crippen LogP contribution is -2.57. The van der Waals surface area contributed by atoms with E-state index in [-0.39, 0.29) is 36.0 Å². The summed E-state index contributed by atoms with van der Waals surface area (Å²) < 4.78 is 26.8. The van der Waals surface area contributed by atoms with Crippen LogP contribution in [0.5, 0.6) is 0 Å². The zero-order valence-electron chi connectivity index (χ0n) is 14.6. The van der Waals surface area contributed by atoms with Gasteiger partial charge in [-0.2, -0.15) is 0 Å². The number of nitrogens with one attached hydrogen (secondary N) is 1. The Kier molecular flexibility index (Phi) is 6.88. The van der Waals surface area contributed by atoms with Crippen LogP contribution in [0.2, 0.25) is 0 Å². The Morgan fingerprint density at radius 2 is 2.15 bits per heavy atom. The molecule has 6 nitrogen and oxygen atoms in total. The molecule has 0 saturated carbocycles. The van der Waals surface area contributed by atoms with Crippen LogP contribution >= 0.6 is 12.4 Å². The molecule has 144 valence electrons. The van der Waals surface area contributed by atoms with Gasteiger partial charge in [0.2, 0.25) is 5.91 Å². The molecule has 3 heterocycles. The number of fused-ring (bicyclic) bond motifs is 1. The van der Waals surface area contributed by atoms with E-state index in [2.05, 4.69) is 10.3 Å². The molecule has 0 bridgehead atoms. The molecule has 2 saturated heterocycles. The molecule has 2 aliphatic heterocycles. The quantitative estimate of drug-likeness (QED) is 0.848. The van der Waals surface area contributed by atoms with E-state index >= 15 is 0 Å². The van der Waals surface area contributed by atoms with Gasteiger partial charge in [-0.05, 0) is 25.8 Å². The highest BCUT2D eigenvalue weighted by atomic mass is 35.5. The number of rotatable bonds is 4. The van der Waals surface area contributed by atoms with Crippen LogP contribution in [-0.4, -0.2) is 65.9 Å². The third-order valence-electron chi connectivity index (χ3n) is 5.04. The van der Waals surface area contributed by atoms with E-state index in [9.17, 15) is 18.4 Å². The Morgan fingerprint density at radius 1 is 1.38 bits per heavy atom. The molecule has 2 amide bonds. The summed E-state index contributed by atoms with van der Waals surface area (Å²) in [5, 5.41) is 3.05. The number of nitrogens with zero attached hydrogens (tertiary/aromatic N) is 3. The summed E-state index contributed by atoms with van der Waals surface area (Å²) in [4.78, 5) is 31.8. The van der Waals surface area contributed by atoms with Crippen LogP contribution in [0.15, 0.2) is 12.3 Å². The van der Waals surface area contributed by atoms with E-state index in [1.807, 2.05) is 11.9 Å². The maximum atomic E-state index is 13.8. The van der Waals surface area contributed by atoms with Crippen LogP contribution in [0, 0.1) is 17.6 Å². The zero-order chi connectivity index (χ0) is 18.0. The van der Waals surface area contributed by atoms with Crippen LogP contribution in [-0.2, 0) is 4.79 Å². The SMILES string of the molecule is CNCCN1C(=O)CC[C@H]2CN(C(=O)c3ncc(F)cc3F)CC[C@H]21.Cl. The first-order valence-electron chi connectivity index (χ1n) is 8.55. The van der Waals surface area contributed by atoms with Crippen molar-refractivity contribution < 1.29 is 18.4 Å². The van der Waals surface area contributed by atoms with Gasteiger partial charge < -0.3 is 15.1 Å². The summed E-state index contributed by atoms with van der Waals surface area (Å²) >= 11 is 0. The predicted octanol–water partition coefficient (Wildman–Crippen LogP) is 1.45. The lowest BCUT2D eigenvalue weighted by molar-refractivity contribution is -0.140. The van der Waals surface area contributed by atoms with Gasteiger partial charge in [0, 0.05) is 44.7 Å². The molecule has 0 aromatic carbocycles. The highest BCUT2D eigenvalue weighted by molar-refractivity contribution is 5.92. The van der Waals surface area contributed by atoms with Crippen molar-refractivity contribution in [1.29, 1.82) is 0 Å². The van der Waals surface area contributed by atoms with Crippen LogP contribution in [0.4, 0.5) is 8.78 Å². The Hall–Kier alpha value is -1.80. The van der Waals surface area contributed by atoms with Crippen molar-refractivity contribution in [3.05, 3.63) is 29.6 Å². The Labute approximate surface area is 157 Å². The second-order valence-corrected chi connectivity index (χ2v) is 6.58. The molecule has 2 aliphatic rings. The Bertz CT molecular complexity index is 676. The minimum absolute atomic E-state index is 0. The third kappa shape index (κ3) is 4.12. The van der Waals surface area contributed by atoms with Crippen molar-refractivity contribution in [3.8, 4) is 0 Å². The summed E-state index contributed by atoms with van der Waals surface area (Å²) in [6, 6.07) is 0.788. The molecule has 1 N–H and O–H groups in total. The highest BCUT2D eigenvalue weighted by Gasteiger charge is 2.40. The number of amides is 2. The van der Waals surface area contributed by atoms with E-state index in [1.54, 1.807) is 4.90 Å². The van der Waals surface area contributed by atoms with Gasteiger partial charge in [0.15, 0.2) is 11.5 Å². The third-order valence-corrected chi connectivity index (χ3v) is 5.04. The number of likely N-dealkylation sites (tertiary alicyclic amines) is 2. The van der Waals surface area contributed by atoms with Gasteiger partial charge in [0.25, 0.3) is 5.91 Å². The van der Waals surface area contributed by atoms with E-state index < -0.39 is 17.5 Å². The monoisotopic (exact) mass is 388 g/mol. The van der Waals surface area contributed by atoms with Crippen molar-refractivity contribution in [2.45, 2.75) is 25.3 Å². The van der Waals surface area contributed by atoms with Crippen molar-refractivity contribution in [2.24, 2.45) is 5.92 Å². The van der Waals surface area contributed by atoms with Crippen molar-refractivity contribution >= 4 is 24.2 Å². The molecule has 1 aromatic heterocycles. The molecule has 0 spiro atoms. The number of carbonyl (C=O) groups excluding carboxylic acids is 2.